The standard InChI is InChI=1S/C27H25FIN/c1-3-4-21-6-10-23(11-7-21)24-12-14-25(15-13-24)27-18-9-22(19-30-27)8-17-26(29)16-5-20(2)28/h3,6-7,9-15,18-20,26H,1,4-5,16H2,2H3. The van der Waals surface area contributed by atoms with Crippen molar-refractivity contribution in [1.82, 2.24) is 4.98 Å². The number of nitrogens with zero attached hydrogens (tertiary/aromatic N) is 1. The molecule has 30 heavy (non-hydrogen) atoms. The average Bonchev–Trinajstić information content (AvgIpc) is 2.77. The van der Waals surface area contributed by atoms with Crippen LogP contribution in [0.1, 0.15) is 30.9 Å². The Balaban J connectivity index is 1.66. The molecule has 0 aliphatic carbocycles. The second-order valence-corrected chi connectivity index (χ2v) is 8.80. The molecule has 1 heterocycles. The van der Waals surface area contributed by atoms with Gasteiger partial charge in [-0.05, 0) is 55.0 Å². The van der Waals surface area contributed by atoms with E-state index in [0.29, 0.717) is 6.42 Å². The summed E-state index contributed by atoms with van der Waals surface area (Å²) in [6.45, 7) is 5.37. The first-order valence-electron chi connectivity index (χ1n) is 10.1. The van der Waals surface area contributed by atoms with Gasteiger partial charge in [0.2, 0.25) is 0 Å². The third-order valence-corrected chi connectivity index (χ3v) is 5.74. The van der Waals surface area contributed by atoms with Crippen molar-refractivity contribution in [1.29, 1.82) is 0 Å². The van der Waals surface area contributed by atoms with Crippen molar-refractivity contribution in [2.45, 2.75) is 36.3 Å². The molecule has 1 nitrogen and oxygen atoms in total. The topological polar surface area (TPSA) is 12.9 Å². The van der Waals surface area contributed by atoms with Gasteiger partial charge >= 0.3 is 0 Å². The summed E-state index contributed by atoms with van der Waals surface area (Å²) in [5.41, 5.74) is 6.52. The molecular formula is C27H25FIN. The van der Waals surface area contributed by atoms with Crippen molar-refractivity contribution in [2.75, 3.05) is 0 Å². The van der Waals surface area contributed by atoms with Crippen LogP contribution in [-0.2, 0) is 6.42 Å². The lowest BCUT2D eigenvalue weighted by atomic mass is 10.0. The molecule has 3 aromatic rings. The molecule has 2 unspecified atom stereocenters. The largest absolute Gasteiger partial charge is 0.255 e. The quantitative estimate of drug-likeness (QED) is 0.140. The van der Waals surface area contributed by atoms with Crippen LogP contribution in [0, 0.1) is 11.8 Å². The Bertz CT molecular complexity index is 1010. The van der Waals surface area contributed by atoms with Gasteiger partial charge in [0, 0.05) is 17.3 Å². The molecule has 0 radical (unpaired) electrons. The molecule has 0 aliphatic heterocycles. The second-order valence-electron chi connectivity index (χ2n) is 7.29. The number of allylic oxidation sites excluding steroid dienone is 1. The van der Waals surface area contributed by atoms with Crippen LogP contribution in [0.3, 0.4) is 0 Å². The Morgan fingerprint density at radius 3 is 2.17 bits per heavy atom. The zero-order valence-electron chi connectivity index (χ0n) is 17.1. The van der Waals surface area contributed by atoms with Crippen LogP contribution < -0.4 is 0 Å². The van der Waals surface area contributed by atoms with Crippen LogP contribution in [-0.4, -0.2) is 15.1 Å². The highest BCUT2D eigenvalue weighted by Gasteiger charge is 2.04. The summed E-state index contributed by atoms with van der Waals surface area (Å²) in [4.78, 5) is 4.56. The van der Waals surface area contributed by atoms with E-state index in [-0.39, 0.29) is 3.92 Å². The average molecular weight is 509 g/mol. The van der Waals surface area contributed by atoms with Gasteiger partial charge in [-0.3, -0.25) is 4.98 Å². The van der Waals surface area contributed by atoms with Crippen LogP contribution in [0.15, 0.2) is 79.5 Å². The minimum absolute atomic E-state index is 0.152. The molecule has 0 amide bonds. The summed E-state index contributed by atoms with van der Waals surface area (Å²) in [7, 11) is 0. The molecule has 3 rings (SSSR count). The fraction of sp³-hybridized carbons (Fsp3) is 0.222. The van der Waals surface area contributed by atoms with Crippen molar-refractivity contribution in [2.24, 2.45) is 0 Å². The number of rotatable bonds is 7. The van der Waals surface area contributed by atoms with Crippen LogP contribution in [0.2, 0.25) is 0 Å². The normalized spacial score (nSPS) is 12.5. The van der Waals surface area contributed by atoms with Gasteiger partial charge in [-0.2, -0.15) is 0 Å². The lowest BCUT2D eigenvalue weighted by Crippen LogP contribution is -1.99. The molecule has 0 bridgehead atoms. The van der Waals surface area contributed by atoms with E-state index in [2.05, 4.69) is 94.5 Å². The summed E-state index contributed by atoms with van der Waals surface area (Å²) in [5.74, 6) is 6.32. The number of hydrogen-bond acceptors (Lipinski definition) is 1. The molecule has 3 heteroatoms. The number of pyridine rings is 1. The highest BCUT2D eigenvalue weighted by Crippen LogP contribution is 2.24. The van der Waals surface area contributed by atoms with Crippen molar-refractivity contribution in [3.8, 4) is 34.2 Å². The predicted molar refractivity (Wildman–Crippen MR) is 133 cm³/mol. The van der Waals surface area contributed by atoms with Crippen LogP contribution in [0.4, 0.5) is 4.39 Å². The van der Waals surface area contributed by atoms with E-state index in [9.17, 15) is 4.39 Å². The van der Waals surface area contributed by atoms with E-state index >= 15 is 0 Å². The molecule has 0 fully saturated rings. The molecule has 2 aromatic carbocycles. The van der Waals surface area contributed by atoms with E-state index in [1.807, 2.05) is 18.2 Å². The Morgan fingerprint density at radius 1 is 0.967 bits per heavy atom. The third-order valence-electron chi connectivity index (χ3n) is 4.80. The molecule has 0 aliphatic rings. The molecule has 0 saturated carbocycles. The van der Waals surface area contributed by atoms with Crippen molar-refractivity contribution in [3.05, 3.63) is 90.6 Å². The van der Waals surface area contributed by atoms with Crippen LogP contribution in [0.25, 0.3) is 22.4 Å². The van der Waals surface area contributed by atoms with Gasteiger partial charge < -0.3 is 0 Å². The molecule has 0 saturated heterocycles. The SMILES string of the molecule is C=CCc1ccc(-c2ccc(-c3ccc(C#CC(I)CCC(C)F)cn3)cc2)cc1. The predicted octanol–water partition coefficient (Wildman–Crippen LogP) is 7.44. The first kappa shape index (κ1) is 22.2. The zero-order chi connectivity index (χ0) is 21.3. The van der Waals surface area contributed by atoms with E-state index in [1.54, 1.807) is 13.1 Å². The number of hydrogen-bond donors (Lipinski definition) is 0. The van der Waals surface area contributed by atoms with Gasteiger partial charge in [-0.1, -0.05) is 89.0 Å². The molecule has 152 valence electrons. The first-order chi connectivity index (χ1) is 14.5. The van der Waals surface area contributed by atoms with Crippen molar-refractivity contribution in [3.63, 3.8) is 0 Å². The lowest BCUT2D eigenvalue weighted by Gasteiger charge is -2.06. The Labute approximate surface area is 192 Å². The van der Waals surface area contributed by atoms with Gasteiger partial charge in [0.25, 0.3) is 0 Å². The number of halogens is 2. The highest BCUT2D eigenvalue weighted by atomic mass is 127. The van der Waals surface area contributed by atoms with Gasteiger partial charge in [0.15, 0.2) is 0 Å². The van der Waals surface area contributed by atoms with Gasteiger partial charge in [0.1, 0.15) is 0 Å². The monoisotopic (exact) mass is 509 g/mol. The maximum Gasteiger partial charge on any atom is 0.0974 e. The molecule has 1 aromatic heterocycles. The lowest BCUT2D eigenvalue weighted by molar-refractivity contribution is 0.337. The summed E-state index contributed by atoms with van der Waals surface area (Å²) in [6.07, 6.45) is 5.15. The summed E-state index contributed by atoms with van der Waals surface area (Å²) in [6, 6.07) is 21.0. The van der Waals surface area contributed by atoms with Gasteiger partial charge in [-0.15, -0.1) is 6.58 Å². The smallest absolute Gasteiger partial charge is 0.0974 e. The highest BCUT2D eigenvalue weighted by molar-refractivity contribution is 14.1. The fourth-order valence-corrected chi connectivity index (χ4v) is 3.60. The minimum Gasteiger partial charge on any atom is -0.255 e. The minimum atomic E-state index is -0.770. The molecule has 0 spiro atoms. The maximum absolute atomic E-state index is 12.9. The second kappa shape index (κ2) is 11.1. The third kappa shape index (κ3) is 6.53. The maximum atomic E-state index is 12.9. The van der Waals surface area contributed by atoms with Crippen LogP contribution in [0.5, 0.6) is 0 Å². The van der Waals surface area contributed by atoms with E-state index in [0.717, 1.165) is 29.7 Å². The Kier molecular flexibility index (Phi) is 8.21. The van der Waals surface area contributed by atoms with E-state index < -0.39 is 6.17 Å². The summed E-state index contributed by atoms with van der Waals surface area (Å²) >= 11 is 2.27. The first-order valence-corrected chi connectivity index (χ1v) is 11.4. The number of aromatic nitrogens is 1. The van der Waals surface area contributed by atoms with Gasteiger partial charge in [-0.25, -0.2) is 4.39 Å². The summed E-state index contributed by atoms with van der Waals surface area (Å²) in [5, 5.41) is 0. The Hall–Kier alpha value is -2.45. The summed E-state index contributed by atoms with van der Waals surface area (Å²) < 4.78 is 13.1. The number of alkyl halides is 2. The fourth-order valence-electron chi connectivity index (χ4n) is 3.08. The van der Waals surface area contributed by atoms with Gasteiger partial charge in [0.05, 0.1) is 15.8 Å². The number of benzene rings is 2. The molecule has 2 atom stereocenters. The van der Waals surface area contributed by atoms with Crippen molar-refractivity contribution >= 4 is 22.6 Å². The molecular weight excluding hydrogens is 484 g/mol. The Morgan fingerprint density at radius 2 is 1.60 bits per heavy atom. The molecule has 0 N–H and O–H groups in total. The van der Waals surface area contributed by atoms with Crippen molar-refractivity contribution < 1.29 is 4.39 Å². The van der Waals surface area contributed by atoms with Crippen LogP contribution >= 0.6 is 22.6 Å². The van der Waals surface area contributed by atoms with E-state index in [1.165, 1.54) is 16.7 Å². The van der Waals surface area contributed by atoms with E-state index in [4.69, 9.17) is 0 Å². The zero-order valence-corrected chi connectivity index (χ0v) is 19.3.